The maximum Gasteiger partial charge on any atom is 0.357 e. The minimum absolute atomic E-state index is 0. The molecule has 0 bridgehead atoms. The van der Waals surface area contributed by atoms with E-state index in [2.05, 4.69) is 30.0 Å². The largest absolute Gasteiger partial charge is 0.427 e. The molecule has 0 aliphatic carbocycles. The van der Waals surface area contributed by atoms with Gasteiger partial charge in [0, 0.05) is 23.0 Å². The van der Waals surface area contributed by atoms with Crippen molar-refractivity contribution in [2.75, 3.05) is 37.2 Å². The molecule has 0 radical (unpaired) electrons. The van der Waals surface area contributed by atoms with Crippen LogP contribution < -0.4 is 16.8 Å². The Bertz CT molecular complexity index is 1410. The SMILES string of the molecule is CC(C)(C)C(=O)OCOC(=O)C1=C(CSc2nncs2)CS[C@@H]2C(NC(=O)C(=NOCCCN)c3nsc(N)n3)C(=O)N12.Cl. The first-order valence-corrected chi connectivity index (χ1v) is 16.4. The number of hydrogen-bond acceptors (Lipinski definition) is 18. The predicted octanol–water partition coefficient (Wildman–Crippen LogP) is 0.999. The van der Waals surface area contributed by atoms with Crippen molar-refractivity contribution < 1.29 is 33.5 Å². The third-order valence-corrected chi connectivity index (χ3v) is 9.52. The van der Waals surface area contributed by atoms with Crippen molar-refractivity contribution in [3.63, 3.8) is 0 Å². The van der Waals surface area contributed by atoms with Crippen LogP contribution in [0.15, 0.2) is 26.3 Å². The van der Waals surface area contributed by atoms with E-state index in [1.165, 1.54) is 39.8 Å². The number of hydrogen-bond donors (Lipinski definition) is 3. The summed E-state index contributed by atoms with van der Waals surface area (Å²) in [7, 11) is 0. The quantitative estimate of drug-likeness (QED) is 0.0502. The summed E-state index contributed by atoms with van der Waals surface area (Å²) < 4.78 is 15.0. The van der Waals surface area contributed by atoms with Gasteiger partial charge in [0.05, 0.1) is 5.41 Å². The van der Waals surface area contributed by atoms with Crippen molar-refractivity contribution >= 4 is 93.4 Å². The van der Waals surface area contributed by atoms with Crippen LogP contribution in [0.2, 0.25) is 0 Å². The average molecular weight is 708 g/mol. The number of carbonyl (C=O) groups is 4. The minimum atomic E-state index is -0.999. The van der Waals surface area contributed by atoms with E-state index < -0.39 is 47.4 Å². The minimum Gasteiger partial charge on any atom is -0.427 e. The molecule has 16 nitrogen and oxygen atoms in total. The Morgan fingerprint density at radius 3 is 2.68 bits per heavy atom. The molecular weight excluding hydrogens is 678 g/mol. The van der Waals surface area contributed by atoms with Gasteiger partial charge in [-0.1, -0.05) is 28.3 Å². The molecule has 4 heterocycles. The summed E-state index contributed by atoms with van der Waals surface area (Å²) in [6.45, 7) is 4.90. The summed E-state index contributed by atoms with van der Waals surface area (Å²) in [5.74, 6) is -2.07. The zero-order valence-corrected chi connectivity index (χ0v) is 27.8. The number of anilines is 1. The Kier molecular flexibility index (Phi) is 12.7. The first-order valence-electron chi connectivity index (χ1n) is 12.7. The number of β-lactam (4-membered cyclic amide) rings is 1. The smallest absolute Gasteiger partial charge is 0.357 e. The number of fused-ring (bicyclic) bond motifs is 1. The Morgan fingerprint density at radius 2 is 2.05 bits per heavy atom. The Hall–Kier alpha value is -3.04. The number of nitrogens with two attached hydrogens (primary N) is 2. The van der Waals surface area contributed by atoms with E-state index in [1.54, 1.807) is 26.3 Å². The molecule has 44 heavy (non-hydrogen) atoms. The molecule has 0 saturated carbocycles. The normalized spacial score (nSPS) is 18.1. The highest BCUT2D eigenvalue weighted by Gasteiger charge is 2.54. The van der Waals surface area contributed by atoms with E-state index in [4.69, 9.17) is 25.8 Å². The second-order valence-electron chi connectivity index (χ2n) is 9.91. The fraction of sp³-hybridized carbons (Fsp3) is 0.522. The Labute approximate surface area is 274 Å². The zero-order chi connectivity index (χ0) is 31.1. The number of ether oxygens (including phenoxy) is 2. The number of oxime groups is 1. The van der Waals surface area contributed by atoms with Gasteiger partial charge in [0.15, 0.2) is 9.47 Å². The summed E-state index contributed by atoms with van der Waals surface area (Å²) in [4.78, 5) is 62.5. The lowest BCUT2D eigenvalue weighted by Crippen LogP contribution is -2.71. The number of halogens is 1. The van der Waals surface area contributed by atoms with Crippen molar-refractivity contribution in [2.45, 2.75) is 42.9 Å². The highest BCUT2D eigenvalue weighted by atomic mass is 35.5. The number of nitrogen functional groups attached to an aromatic ring is 1. The summed E-state index contributed by atoms with van der Waals surface area (Å²) in [5.41, 5.74) is 12.3. The van der Waals surface area contributed by atoms with Crippen LogP contribution in [0, 0.1) is 5.41 Å². The number of aromatic nitrogens is 4. The monoisotopic (exact) mass is 707 g/mol. The van der Waals surface area contributed by atoms with Gasteiger partial charge in [0.25, 0.3) is 11.8 Å². The van der Waals surface area contributed by atoms with E-state index in [-0.39, 0.29) is 41.4 Å². The first-order chi connectivity index (χ1) is 20.5. The first kappa shape index (κ1) is 35.4. The molecule has 1 fully saturated rings. The number of thioether (sulfide) groups is 2. The lowest BCUT2D eigenvalue weighted by atomic mass is 9.98. The van der Waals surface area contributed by atoms with Crippen molar-refractivity contribution in [3.8, 4) is 0 Å². The predicted molar refractivity (Wildman–Crippen MR) is 167 cm³/mol. The number of nitrogens with one attached hydrogen (secondary N) is 1. The molecule has 1 unspecified atom stereocenters. The van der Waals surface area contributed by atoms with Gasteiger partial charge in [-0.3, -0.25) is 19.3 Å². The lowest BCUT2D eigenvalue weighted by Gasteiger charge is -2.49. The van der Waals surface area contributed by atoms with E-state index in [9.17, 15) is 19.2 Å². The third kappa shape index (κ3) is 8.57. The molecule has 240 valence electrons. The van der Waals surface area contributed by atoms with E-state index in [0.29, 0.717) is 34.4 Å². The Balaban J connectivity index is 0.00000529. The van der Waals surface area contributed by atoms with Gasteiger partial charge >= 0.3 is 11.9 Å². The van der Waals surface area contributed by atoms with Crippen molar-refractivity contribution in [3.05, 3.63) is 22.6 Å². The molecule has 2 amide bonds. The van der Waals surface area contributed by atoms with Crippen LogP contribution in [0.5, 0.6) is 0 Å². The van der Waals surface area contributed by atoms with Gasteiger partial charge < -0.3 is 31.1 Å². The Morgan fingerprint density at radius 1 is 1.27 bits per heavy atom. The molecule has 2 aliphatic rings. The fourth-order valence-corrected chi connectivity index (χ4v) is 6.97. The van der Waals surface area contributed by atoms with Crippen molar-refractivity contribution in [2.24, 2.45) is 16.3 Å². The standard InChI is InChI=1S/C23H29N9O7S4.ClH/c1-23(2,3)20(36)38-10-37-19(35)14-11(8-41-22-29-26-9-42-22)7-40-18-13(17(34)32(14)18)27-16(33)12(30-39-6-4-5-24)15-28-21(25)43-31-15;/h9,13,18H,4-8,10,24H2,1-3H3,(H,27,33)(H2,25,28,31);1H/t13?,18-;/m1./s1. The number of rotatable bonds is 13. The summed E-state index contributed by atoms with van der Waals surface area (Å²) in [6.07, 6.45) is 0.500. The molecule has 0 spiro atoms. The highest BCUT2D eigenvalue weighted by molar-refractivity contribution is 8.01. The summed E-state index contributed by atoms with van der Waals surface area (Å²) in [5, 5.41) is 13.8. The van der Waals surface area contributed by atoms with Crippen LogP contribution in [-0.4, -0.2) is 96.8 Å². The number of nitrogens with zero attached hydrogens (tertiary/aromatic N) is 6. The number of carbonyl (C=O) groups excluding carboxylic acids is 4. The zero-order valence-electron chi connectivity index (χ0n) is 23.7. The molecule has 1 saturated heterocycles. The van der Waals surface area contributed by atoms with Crippen LogP contribution in [0.3, 0.4) is 0 Å². The van der Waals surface area contributed by atoms with Gasteiger partial charge in [-0.25, -0.2) is 4.79 Å². The van der Waals surface area contributed by atoms with Crippen LogP contribution in [0.25, 0.3) is 0 Å². The van der Waals surface area contributed by atoms with Gasteiger partial charge in [-0.05, 0) is 39.3 Å². The molecule has 4 rings (SSSR count). The molecular formula is C23H30ClN9O7S4. The van der Waals surface area contributed by atoms with Crippen LogP contribution in [0.4, 0.5) is 5.13 Å². The van der Waals surface area contributed by atoms with E-state index in [0.717, 1.165) is 11.5 Å². The van der Waals surface area contributed by atoms with Crippen LogP contribution >= 0.6 is 58.8 Å². The fourth-order valence-electron chi connectivity index (χ4n) is 3.56. The van der Waals surface area contributed by atoms with Crippen LogP contribution in [-0.2, 0) is 33.5 Å². The van der Waals surface area contributed by atoms with Gasteiger partial charge in [-0.15, -0.1) is 34.4 Å². The molecule has 2 aliphatic heterocycles. The summed E-state index contributed by atoms with van der Waals surface area (Å²) in [6, 6.07) is -0.999. The highest BCUT2D eigenvalue weighted by Crippen LogP contribution is 2.42. The topological polar surface area (TPSA) is 227 Å². The molecule has 5 N–H and O–H groups in total. The number of amides is 2. The van der Waals surface area contributed by atoms with Gasteiger partial charge in [0.2, 0.25) is 18.3 Å². The molecule has 21 heteroatoms. The van der Waals surface area contributed by atoms with Gasteiger partial charge in [-0.2, -0.15) is 9.36 Å². The van der Waals surface area contributed by atoms with Gasteiger partial charge in [0.1, 0.15) is 29.2 Å². The maximum absolute atomic E-state index is 13.4. The molecule has 0 aromatic carbocycles. The molecule has 2 aromatic rings. The molecule has 2 aromatic heterocycles. The van der Waals surface area contributed by atoms with E-state index in [1.807, 2.05) is 0 Å². The summed E-state index contributed by atoms with van der Waals surface area (Å²) >= 11 is 4.92. The average Bonchev–Trinajstić information content (AvgIpc) is 3.65. The number of esters is 2. The molecule has 2 atom stereocenters. The van der Waals surface area contributed by atoms with E-state index >= 15 is 0 Å². The second-order valence-corrected chi connectivity index (χ2v) is 13.9. The lowest BCUT2D eigenvalue weighted by molar-refractivity contribution is -0.173. The second kappa shape index (κ2) is 15.8. The third-order valence-electron chi connectivity index (χ3n) is 5.69. The van der Waals surface area contributed by atoms with Crippen molar-refractivity contribution in [1.29, 1.82) is 0 Å². The maximum atomic E-state index is 13.4. The van der Waals surface area contributed by atoms with Crippen LogP contribution in [0.1, 0.15) is 33.0 Å². The van der Waals surface area contributed by atoms with Crippen molar-refractivity contribution in [1.82, 2.24) is 29.8 Å².